The minimum atomic E-state index is -0.911. The average Bonchev–Trinajstić information content (AvgIpc) is 2.98. The lowest BCUT2D eigenvalue weighted by molar-refractivity contribution is -0.158. The van der Waals surface area contributed by atoms with Crippen molar-refractivity contribution in [3.05, 3.63) is 12.2 Å². The molecule has 0 aliphatic heterocycles. The average molecular weight is 255 g/mol. The molecule has 4 unspecified atom stereocenters. The maximum atomic E-state index is 11.7. The zero-order chi connectivity index (χ0) is 13.7. The molecule has 0 saturated heterocycles. The van der Waals surface area contributed by atoms with E-state index in [1.807, 2.05) is 26.0 Å². The second-order valence-electron chi connectivity index (χ2n) is 4.29. The maximum absolute atomic E-state index is 11.7. The number of carbonyl (C=O) groups is 2. The number of hydrogen-bond donors (Lipinski definition) is 2. The van der Waals surface area contributed by atoms with Crippen LogP contribution in [-0.2, 0) is 14.3 Å². The lowest BCUT2D eigenvalue weighted by Gasteiger charge is -2.22. The first-order valence-corrected chi connectivity index (χ1v) is 6.43. The number of nitrogens with two attached hydrogens (primary N) is 1. The monoisotopic (exact) mass is 255 g/mol. The van der Waals surface area contributed by atoms with Crippen LogP contribution in [0, 0.1) is 23.7 Å². The lowest BCUT2D eigenvalue weighted by atomic mass is 9.83. The molecule has 3 N–H and O–H groups in total. The van der Waals surface area contributed by atoms with E-state index >= 15 is 0 Å². The summed E-state index contributed by atoms with van der Waals surface area (Å²) in [5.41, 5.74) is 5.24. The maximum Gasteiger partial charge on any atom is 0.310 e. The van der Waals surface area contributed by atoms with E-state index in [0.717, 1.165) is 6.42 Å². The molecule has 0 radical (unpaired) electrons. The summed E-state index contributed by atoms with van der Waals surface area (Å²) in [5, 5.41) is 9.11. The molecule has 4 atom stereocenters. The molecule has 102 valence electrons. The molecule has 2 aliphatic carbocycles. The topological polar surface area (TPSA) is 89.6 Å². The Morgan fingerprint density at radius 2 is 1.83 bits per heavy atom. The van der Waals surface area contributed by atoms with Crippen LogP contribution in [0.15, 0.2) is 12.2 Å². The third kappa shape index (κ3) is 2.72. The number of hydrogen-bond acceptors (Lipinski definition) is 4. The van der Waals surface area contributed by atoms with E-state index in [1.54, 1.807) is 0 Å². The molecule has 2 rings (SSSR count). The van der Waals surface area contributed by atoms with Crippen molar-refractivity contribution < 1.29 is 19.4 Å². The first kappa shape index (κ1) is 14.7. The quantitative estimate of drug-likeness (QED) is 0.578. The van der Waals surface area contributed by atoms with Crippen molar-refractivity contribution in [2.24, 2.45) is 29.4 Å². The fraction of sp³-hybridized carbons (Fsp3) is 0.692. The van der Waals surface area contributed by atoms with Crippen LogP contribution in [0.4, 0.5) is 0 Å². The highest BCUT2D eigenvalue weighted by Crippen LogP contribution is 2.48. The van der Waals surface area contributed by atoms with Gasteiger partial charge < -0.3 is 15.6 Å². The van der Waals surface area contributed by atoms with Gasteiger partial charge in [0.05, 0.1) is 11.8 Å². The highest BCUT2D eigenvalue weighted by molar-refractivity contribution is 5.83. The van der Waals surface area contributed by atoms with Crippen LogP contribution in [0.5, 0.6) is 0 Å². The highest BCUT2D eigenvalue weighted by atomic mass is 16.5. The van der Waals surface area contributed by atoms with Crippen molar-refractivity contribution in [3.8, 4) is 0 Å². The predicted molar refractivity (Wildman–Crippen MR) is 66.7 cm³/mol. The van der Waals surface area contributed by atoms with E-state index in [4.69, 9.17) is 15.6 Å². The molecule has 0 aromatic carbocycles. The van der Waals surface area contributed by atoms with Gasteiger partial charge in [0.1, 0.15) is 6.61 Å². The fourth-order valence-corrected chi connectivity index (χ4v) is 2.74. The summed E-state index contributed by atoms with van der Waals surface area (Å²) in [5.74, 6) is -2.48. The number of esters is 1. The van der Waals surface area contributed by atoms with Crippen molar-refractivity contribution in [2.75, 3.05) is 13.2 Å². The number of carbonyl (C=O) groups excluding carboxylic acids is 1. The molecule has 0 spiro atoms. The van der Waals surface area contributed by atoms with E-state index in [9.17, 15) is 9.59 Å². The summed E-state index contributed by atoms with van der Waals surface area (Å²) in [6.07, 6.45) is 4.58. The molecule has 18 heavy (non-hydrogen) atoms. The standard InChI is InChI=1S/C11H15NO4.C2H6/c12-3-4-16-11(15)9-7-2-1-6(5-7)8(9)10(13)14;1-2/h1-2,6-9H,3-5,12H2,(H,13,14);1-2H3. The Bertz CT molecular complexity index is 340. The number of ether oxygens (including phenoxy) is 1. The zero-order valence-corrected chi connectivity index (χ0v) is 10.8. The smallest absolute Gasteiger partial charge is 0.310 e. The molecule has 0 aromatic rings. The summed E-state index contributed by atoms with van der Waals surface area (Å²) in [7, 11) is 0. The Morgan fingerprint density at radius 3 is 2.33 bits per heavy atom. The summed E-state index contributed by atoms with van der Waals surface area (Å²) < 4.78 is 4.95. The van der Waals surface area contributed by atoms with Crippen LogP contribution >= 0.6 is 0 Å². The number of carboxylic acids is 1. The van der Waals surface area contributed by atoms with Crippen LogP contribution < -0.4 is 5.73 Å². The van der Waals surface area contributed by atoms with E-state index in [-0.39, 0.29) is 25.0 Å². The van der Waals surface area contributed by atoms with Crippen LogP contribution in [0.25, 0.3) is 0 Å². The minimum Gasteiger partial charge on any atom is -0.481 e. The zero-order valence-electron chi connectivity index (χ0n) is 10.8. The number of aliphatic carboxylic acids is 1. The van der Waals surface area contributed by atoms with Gasteiger partial charge in [0.2, 0.25) is 0 Å². The second kappa shape index (κ2) is 6.54. The van der Waals surface area contributed by atoms with Crippen molar-refractivity contribution >= 4 is 11.9 Å². The van der Waals surface area contributed by atoms with Crippen LogP contribution in [0.3, 0.4) is 0 Å². The normalized spacial score (nSPS) is 31.7. The molecule has 1 fully saturated rings. The number of rotatable bonds is 4. The molecule has 0 amide bonds. The SMILES string of the molecule is CC.NCCOC(=O)C1C2C=CC(C2)C1C(=O)O. The molecule has 0 aromatic heterocycles. The van der Waals surface area contributed by atoms with E-state index in [2.05, 4.69) is 0 Å². The summed E-state index contributed by atoms with van der Waals surface area (Å²) in [6.45, 7) is 4.42. The van der Waals surface area contributed by atoms with Gasteiger partial charge in [0.25, 0.3) is 0 Å². The van der Waals surface area contributed by atoms with Gasteiger partial charge in [-0.2, -0.15) is 0 Å². The van der Waals surface area contributed by atoms with Crippen LogP contribution in [0.2, 0.25) is 0 Å². The Morgan fingerprint density at radius 1 is 1.28 bits per heavy atom. The summed E-state index contributed by atoms with van der Waals surface area (Å²) in [4.78, 5) is 22.8. The number of fused-ring (bicyclic) bond motifs is 2. The summed E-state index contributed by atoms with van der Waals surface area (Å²) in [6, 6.07) is 0. The Labute approximate surface area is 107 Å². The fourth-order valence-electron chi connectivity index (χ4n) is 2.74. The summed E-state index contributed by atoms with van der Waals surface area (Å²) >= 11 is 0. The van der Waals surface area contributed by atoms with Crippen molar-refractivity contribution in [2.45, 2.75) is 20.3 Å². The Kier molecular flexibility index (Phi) is 5.34. The Balaban J connectivity index is 0.000000771. The molecule has 5 heteroatoms. The van der Waals surface area contributed by atoms with Gasteiger partial charge in [-0.3, -0.25) is 9.59 Å². The van der Waals surface area contributed by atoms with Gasteiger partial charge in [-0.1, -0.05) is 26.0 Å². The first-order chi connectivity index (χ1) is 8.65. The molecule has 2 bridgehead atoms. The molecule has 5 nitrogen and oxygen atoms in total. The highest BCUT2D eigenvalue weighted by Gasteiger charge is 2.52. The molecular formula is C13H21NO4. The number of carboxylic acid groups (broad SMARTS) is 1. The third-order valence-corrected chi connectivity index (χ3v) is 3.38. The first-order valence-electron chi connectivity index (χ1n) is 6.43. The van der Waals surface area contributed by atoms with Crippen molar-refractivity contribution in [1.29, 1.82) is 0 Å². The van der Waals surface area contributed by atoms with Crippen molar-refractivity contribution in [3.63, 3.8) is 0 Å². The third-order valence-electron chi connectivity index (χ3n) is 3.38. The second-order valence-corrected chi connectivity index (χ2v) is 4.29. The van der Waals surface area contributed by atoms with E-state index in [1.165, 1.54) is 0 Å². The number of allylic oxidation sites excluding steroid dienone is 2. The molecule has 0 heterocycles. The molecule has 1 saturated carbocycles. The van der Waals surface area contributed by atoms with E-state index in [0.29, 0.717) is 0 Å². The molecule has 2 aliphatic rings. The van der Waals surface area contributed by atoms with E-state index < -0.39 is 23.8 Å². The van der Waals surface area contributed by atoms with Crippen LogP contribution in [0.1, 0.15) is 20.3 Å². The van der Waals surface area contributed by atoms with Gasteiger partial charge in [-0.05, 0) is 18.3 Å². The van der Waals surface area contributed by atoms with Gasteiger partial charge in [0.15, 0.2) is 0 Å². The van der Waals surface area contributed by atoms with Crippen LogP contribution in [-0.4, -0.2) is 30.2 Å². The lowest BCUT2D eigenvalue weighted by Crippen LogP contribution is -2.34. The minimum absolute atomic E-state index is 0.0158. The Hall–Kier alpha value is -1.36. The van der Waals surface area contributed by atoms with Gasteiger partial charge >= 0.3 is 11.9 Å². The largest absolute Gasteiger partial charge is 0.481 e. The molecular weight excluding hydrogens is 234 g/mol. The van der Waals surface area contributed by atoms with Gasteiger partial charge in [-0.15, -0.1) is 0 Å². The van der Waals surface area contributed by atoms with Crippen molar-refractivity contribution in [1.82, 2.24) is 0 Å². The predicted octanol–water partition coefficient (Wildman–Crippen LogP) is 1.04. The van der Waals surface area contributed by atoms with Gasteiger partial charge in [0, 0.05) is 6.54 Å². The van der Waals surface area contributed by atoms with Gasteiger partial charge in [-0.25, -0.2) is 0 Å².